The Morgan fingerprint density at radius 1 is 1.24 bits per heavy atom. The summed E-state index contributed by atoms with van der Waals surface area (Å²) in [5, 5.41) is 2.81. The van der Waals surface area contributed by atoms with Gasteiger partial charge in [-0.15, -0.1) is 0 Å². The fraction of sp³-hybridized carbons (Fsp3) is 0.917. The number of carbonyl (C=O) groups is 1. The number of nitrogens with two attached hydrogens (primary N) is 1. The minimum absolute atomic E-state index is 0.0618. The number of halogens is 2. The highest BCUT2D eigenvalue weighted by atomic mass is 19.3. The van der Waals surface area contributed by atoms with Gasteiger partial charge in [0.05, 0.1) is 0 Å². The highest BCUT2D eigenvalue weighted by Gasteiger charge is 2.37. The van der Waals surface area contributed by atoms with Crippen molar-refractivity contribution in [1.82, 2.24) is 5.32 Å². The summed E-state index contributed by atoms with van der Waals surface area (Å²) in [7, 11) is 0. The monoisotopic (exact) mass is 248 g/mol. The molecule has 100 valence electrons. The van der Waals surface area contributed by atoms with Crippen LogP contribution in [-0.4, -0.2) is 24.9 Å². The molecule has 3 nitrogen and oxygen atoms in total. The average Bonchev–Trinajstić information content (AvgIpc) is 2.28. The Hall–Kier alpha value is -0.710. The van der Waals surface area contributed by atoms with Crippen LogP contribution in [0.25, 0.3) is 0 Å². The van der Waals surface area contributed by atoms with Crippen molar-refractivity contribution in [3.8, 4) is 0 Å². The minimum Gasteiger partial charge on any atom is -0.356 e. The van der Waals surface area contributed by atoms with Gasteiger partial charge in [0.2, 0.25) is 11.8 Å². The first-order valence-electron chi connectivity index (χ1n) is 6.41. The molecule has 0 radical (unpaired) electrons. The molecule has 1 fully saturated rings. The van der Waals surface area contributed by atoms with Gasteiger partial charge in [0, 0.05) is 25.3 Å². The summed E-state index contributed by atoms with van der Waals surface area (Å²) in [6.07, 6.45) is 3.18. The largest absolute Gasteiger partial charge is 0.356 e. The fourth-order valence-electron chi connectivity index (χ4n) is 2.10. The van der Waals surface area contributed by atoms with Crippen molar-refractivity contribution in [2.45, 2.75) is 50.9 Å². The number of unbranched alkanes of at least 4 members (excludes halogenated alkanes) is 2. The van der Waals surface area contributed by atoms with Gasteiger partial charge in [0.15, 0.2) is 0 Å². The highest BCUT2D eigenvalue weighted by Crippen LogP contribution is 2.36. The van der Waals surface area contributed by atoms with E-state index in [-0.39, 0.29) is 24.7 Å². The number of nitrogens with one attached hydrogen (secondary N) is 1. The molecule has 0 bridgehead atoms. The van der Waals surface area contributed by atoms with E-state index < -0.39 is 5.92 Å². The number of carbonyl (C=O) groups excluding carboxylic acids is 1. The van der Waals surface area contributed by atoms with Gasteiger partial charge in [0.25, 0.3) is 0 Å². The van der Waals surface area contributed by atoms with E-state index in [0.717, 1.165) is 19.3 Å². The van der Waals surface area contributed by atoms with E-state index in [1.807, 2.05) is 0 Å². The zero-order valence-electron chi connectivity index (χ0n) is 10.2. The molecule has 1 saturated carbocycles. The Balaban J connectivity index is 2.12. The van der Waals surface area contributed by atoms with Crippen molar-refractivity contribution in [2.75, 3.05) is 13.1 Å². The van der Waals surface area contributed by atoms with Crippen LogP contribution >= 0.6 is 0 Å². The minimum atomic E-state index is -2.56. The van der Waals surface area contributed by atoms with E-state index in [0.29, 0.717) is 25.9 Å². The van der Waals surface area contributed by atoms with Crippen molar-refractivity contribution in [2.24, 2.45) is 11.7 Å². The van der Waals surface area contributed by atoms with Crippen LogP contribution in [0.15, 0.2) is 0 Å². The molecular formula is C12H22F2N2O. The van der Waals surface area contributed by atoms with Crippen LogP contribution in [0, 0.1) is 5.92 Å². The predicted octanol–water partition coefficient (Wildman–Crippen LogP) is 2.06. The predicted molar refractivity (Wildman–Crippen MR) is 62.8 cm³/mol. The molecule has 1 aliphatic carbocycles. The molecule has 1 aliphatic rings. The van der Waals surface area contributed by atoms with Crippen LogP contribution in [0.4, 0.5) is 8.78 Å². The summed E-state index contributed by atoms with van der Waals surface area (Å²) in [5.74, 6) is -2.84. The van der Waals surface area contributed by atoms with Gasteiger partial charge in [-0.2, -0.15) is 0 Å². The number of hydrogen-bond donors (Lipinski definition) is 2. The zero-order chi connectivity index (χ0) is 12.7. The van der Waals surface area contributed by atoms with Crippen molar-refractivity contribution >= 4 is 5.91 Å². The molecule has 0 heterocycles. The fourth-order valence-corrected chi connectivity index (χ4v) is 2.10. The molecule has 0 atom stereocenters. The van der Waals surface area contributed by atoms with Crippen LogP contribution in [-0.2, 0) is 4.79 Å². The van der Waals surface area contributed by atoms with Crippen molar-refractivity contribution < 1.29 is 13.6 Å². The first-order chi connectivity index (χ1) is 8.05. The summed E-state index contributed by atoms with van der Waals surface area (Å²) in [4.78, 5) is 11.7. The Labute approximate surface area is 101 Å². The van der Waals surface area contributed by atoms with Crippen molar-refractivity contribution in [3.63, 3.8) is 0 Å². The van der Waals surface area contributed by atoms with Gasteiger partial charge in [-0.1, -0.05) is 6.42 Å². The van der Waals surface area contributed by atoms with Crippen LogP contribution in [0.1, 0.15) is 44.9 Å². The molecule has 0 spiro atoms. The Morgan fingerprint density at radius 2 is 1.88 bits per heavy atom. The zero-order valence-corrected chi connectivity index (χ0v) is 10.2. The molecule has 3 N–H and O–H groups in total. The lowest BCUT2D eigenvalue weighted by atomic mass is 9.86. The van der Waals surface area contributed by atoms with E-state index in [4.69, 9.17) is 5.73 Å². The van der Waals surface area contributed by atoms with Gasteiger partial charge < -0.3 is 11.1 Å². The van der Waals surface area contributed by atoms with Gasteiger partial charge in [-0.05, 0) is 32.2 Å². The smallest absolute Gasteiger partial charge is 0.248 e. The van der Waals surface area contributed by atoms with E-state index in [1.165, 1.54) is 0 Å². The second-order valence-electron chi connectivity index (χ2n) is 4.77. The number of rotatable bonds is 6. The van der Waals surface area contributed by atoms with Gasteiger partial charge in [-0.3, -0.25) is 4.79 Å². The molecule has 0 unspecified atom stereocenters. The van der Waals surface area contributed by atoms with E-state index in [2.05, 4.69) is 5.32 Å². The SMILES string of the molecule is NCCCCCNC(=O)C1CCC(F)(F)CC1. The molecule has 1 amide bonds. The summed E-state index contributed by atoms with van der Waals surface area (Å²) in [6.45, 7) is 1.30. The van der Waals surface area contributed by atoms with Crippen molar-refractivity contribution in [3.05, 3.63) is 0 Å². The van der Waals surface area contributed by atoms with Crippen LogP contribution in [0.2, 0.25) is 0 Å². The second-order valence-corrected chi connectivity index (χ2v) is 4.77. The van der Waals surface area contributed by atoms with Crippen molar-refractivity contribution in [1.29, 1.82) is 0 Å². The maximum Gasteiger partial charge on any atom is 0.248 e. The van der Waals surface area contributed by atoms with E-state index in [9.17, 15) is 13.6 Å². The first-order valence-corrected chi connectivity index (χ1v) is 6.41. The third kappa shape index (κ3) is 5.44. The second kappa shape index (κ2) is 6.89. The van der Waals surface area contributed by atoms with Gasteiger partial charge in [0.1, 0.15) is 0 Å². The standard InChI is InChI=1S/C12H22F2N2O/c13-12(14)6-4-10(5-7-12)11(17)16-9-3-1-2-8-15/h10H,1-9,15H2,(H,16,17). The molecule has 0 aromatic carbocycles. The lowest BCUT2D eigenvalue weighted by Gasteiger charge is -2.27. The van der Waals surface area contributed by atoms with E-state index >= 15 is 0 Å². The number of hydrogen-bond acceptors (Lipinski definition) is 2. The van der Waals surface area contributed by atoms with E-state index in [1.54, 1.807) is 0 Å². The maximum absolute atomic E-state index is 12.9. The Kier molecular flexibility index (Phi) is 5.82. The number of amides is 1. The molecule has 0 aliphatic heterocycles. The summed E-state index contributed by atoms with van der Waals surface area (Å²) in [5.41, 5.74) is 5.35. The Bertz CT molecular complexity index is 237. The Morgan fingerprint density at radius 3 is 2.47 bits per heavy atom. The molecule has 1 rings (SSSR count). The summed E-state index contributed by atoms with van der Waals surface area (Å²) >= 11 is 0. The maximum atomic E-state index is 12.9. The summed E-state index contributed by atoms with van der Waals surface area (Å²) in [6, 6.07) is 0. The lowest BCUT2D eigenvalue weighted by Crippen LogP contribution is -2.36. The van der Waals surface area contributed by atoms with Gasteiger partial charge in [-0.25, -0.2) is 8.78 Å². The normalized spacial score (nSPS) is 20.2. The quantitative estimate of drug-likeness (QED) is 0.707. The van der Waals surface area contributed by atoms with Crippen LogP contribution in [0.5, 0.6) is 0 Å². The first kappa shape index (κ1) is 14.4. The summed E-state index contributed by atoms with van der Waals surface area (Å²) < 4.78 is 25.8. The number of alkyl halides is 2. The lowest BCUT2D eigenvalue weighted by molar-refractivity contribution is -0.129. The average molecular weight is 248 g/mol. The third-order valence-corrected chi connectivity index (χ3v) is 3.27. The molecular weight excluding hydrogens is 226 g/mol. The topological polar surface area (TPSA) is 55.1 Å². The molecule has 5 heteroatoms. The molecule has 0 aromatic heterocycles. The third-order valence-electron chi connectivity index (χ3n) is 3.27. The highest BCUT2D eigenvalue weighted by molar-refractivity contribution is 5.78. The molecule has 17 heavy (non-hydrogen) atoms. The van der Waals surface area contributed by atoms with Gasteiger partial charge >= 0.3 is 0 Å². The molecule has 0 aromatic rings. The van der Waals surface area contributed by atoms with Crippen LogP contribution < -0.4 is 11.1 Å². The molecule has 0 saturated heterocycles. The van der Waals surface area contributed by atoms with Crippen LogP contribution in [0.3, 0.4) is 0 Å².